The standard InChI is InChI=1S/C22H24N2O2/c1-23-20-12-11-19(22(23)26)14-24(15-20)21(25)13-16-7-9-18(10-8-16)17-5-3-2-4-6-17/h2-10,19-20H,11-15H2,1H3/t19-,20+/m1/s1. The van der Waals surface area contributed by atoms with Gasteiger partial charge >= 0.3 is 0 Å². The van der Waals surface area contributed by atoms with Gasteiger partial charge in [0.2, 0.25) is 11.8 Å². The summed E-state index contributed by atoms with van der Waals surface area (Å²) in [5.74, 6) is 0.296. The van der Waals surface area contributed by atoms with E-state index in [0.717, 1.165) is 24.0 Å². The smallest absolute Gasteiger partial charge is 0.227 e. The number of hydrogen-bond acceptors (Lipinski definition) is 2. The highest BCUT2D eigenvalue weighted by Gasteiger charge is 2.39. The van der Waals surface area contributed by atoms with Gasteiger partial charge in [-0.15, -0.1) is 0 Å². The summed E-state index contributed by atoms with van der Waals surface area (Å²) in [5.41, 5.74) is 3.35. The maximum Gasteiger partial charge on any atom is 0.227 e. The molecule has 26 heavy (non-hydrogen) atoms. The molecule has 2 amide bonds. The highest BCUT2D eigenvalue weighted by Crippen LogP contribution is 2.28. The van der Waals surface area contributed by atoms with Crippen molar-refractivity contribution >= 4 is 11.8 Å². The molecule has 2 aromatic carbocycles. The molecule has 3 aliphatic rings. The predicted octanol–water partition coefficient (Wildman–Crippen LogP) is 2.98. The van der Waals surface area contributed by atoms with E-state index in [1.807, 2.05) is 47.2 Å². The molecule has 0 spiro atoms. The Labute approximate surface area is 154 Å². The Hall–Kier alpha value is -2.62. The lowest BCUT2D eigenvalue weighted by molar-refractivity contribution is -0.138. The first-order chi connectivity index (χ1) is 12.6. The van der Waals surface area contributed by atoms with Crippen LogP contribution >= 0.6 is 0 Å². The summed E-state index contributed by atoms with van der Waals surface area (Å²) in [6, 6.07) is 18.6. The lowest BCUT2D eigenvalue weighted by Gasteiger charge is -2.32. The van der Waals surface area contributed by atoms with Gasteiger partial charge in [-0.2, -0.15) is 0 Å². The van der Waals surface area contributed by atoms with Crippen molar-refractivity contribution in [1.82, 2.24) is 9.80 Å². The number of carbonyl (C=O) groups is 2. The zero-order chi connectivity index (χ0) is 18.1. The number of hydrogen-bond donors (Lipinski definition) is 0. The van der Waals surface area contributed by atoms with Gasteiger partial charge in [0.05, 0.1) is 12.3 Å². The summed E-state index contributed by atoms with van der Waals surface area (Å²) in [4.78, 5) is 28.8. The van der Waals surface area contributed by atoms with Crippen LogP contribution in [-0.2, 0) is 16.0 Å². The van der Waals surface area contributed by atoms with Gasteiger partial charge in [0.1, 0.15) is 0 Å². The summed E-state index contributed by atoms with van der Waals surface area (Å²) < 4.78 is 0. The van der Waals surface area contributed by atoms with Crippen molar-refractivity contribution < 1.29 is 9.59 Å². The Bertz CT molecular complexity index is 801. The van der Waals surface area contributed by atoms with E-state index in [1.54, 1.807) is 0 Å². The summed E-state index contributed by atoms with van der Waals surface area (Å²) in [6.45, 7) is 1.24. The van der Waals surface area contributed by atoms with Crippen LogP contribution in [0.3, 0.4) is 0 Å². The lowest BCUT2D eigenvalue weighted by Crippen LogP contribution is -2.45. The summed E-state index contributed by atoms with van der Waals surface area (Å²) in [7, 11) is 1.87. The lowest BCUT2D eigenvalue weighted by atomic mass is 9.95. The first-order valence-electron chi connectivity index (χ1n) is 9.30. The van der Waals surface area contributed by atoms with Crippen molar-refractivity contribution in [2.45, 2.75) is 25.3 Å². The van der Waals surface area contributed by atoms with Crippen molar-refractivity contribution in [3.05, 3.63) is 60.2 Å². The zero-order valence-electron chi connectivity index (χ0n) is 15.1. The van der Waals surface area contributed by atoms with Crippen LogP contribution in [0.15, 0.2) is 54.6 Å². The molecule has 5 rings (SSSR count). The highest BCUT2D eigenvalue weighted by molar-refractivity contribution is 5.84. The van der Waals surface area contributed by atoms with Gasteiger partial charge in [0, 0.05) is 26.2 Å². The van der Waals surface area contributed by atoms with E-state index in [1.165, 1.54) is 5.56 Å². The van der Waals surface area contributed by atoms with Gasteiger partial charge in [0.25, 0.3) is 0 Å². The molecule has 3 aliphatic heterocycles. The fourth-order valence-electron chi connectivity index (χ4n) is 4.09. The molecule has 3 heterocycles. The molecule has 0 aliphatic carbocycles. The second-order valence-corrected chi connectivity index (χ2v) is 7.42. The largest absolute Gasteiger partial charge is 0.341 e. The summed E-state index contributed by atoms with van der Waals surface area (Å²) in [5, 5.41) is 0. The minimum absolute atomic E-state index is 0.0249. The number of benzene rings is 2. The van der Waals surface area contributed by atoms with E-state index in [4.69, 9.17) is 0 Å². The highest BCUT2D eigenvalue weighted by atomic mass is 16.2. The van der Waals surface area contributed by atoms with Crippen LogP contribution in [0.1, 0.15) is 18.4 Å². The van der Waals surface area contributed by atoms with Crippen LogP contribution in [0.5, 0.6) is 0 Å². The predicted molar refractivity (Wildman–Crippen MR) is 101 cm³/mol. The molecule has 4 heteroatoms. The monoisotopic (exact) mass is 348 g/mol. The van der Waals surface area contributed by atoms with Crippen LogP contribution < -0.4 is 0 Å². The van der Waals surface area contributed by atoms with Crippen molar-refractivity contribution in [1.29, 1.82) is 0 Å². The topological polar surface area (TPSA) is 40.6 Å². The van der Waals surface area contributed by atoms with Crippen LogP contribution in [0, 0.1) is 5.92 Å². The molecule has 134 valence electrons. The van der Waals surface area contributed by atoms with Crippen molar-refractivity contribution in [2.75, 3.05) is 20.1 Å². The molecular formula is C22H24N2O2. The molecule has 0 unspecified atom stereocenters. The van der Waals surface area contributed by atoms with Crippen LogP contribution in [-0.4, -0.2) is 47.8 Å². The number of piperidine rings is 1. The van der Waals surface area contributed by atoms with Gasteiger partial charge in [-0.3, -0.25) is 9.59 Å². The van der Waals surface area contributed by atoms with Crippen LogP contribution in [0.4, 0.5) is 0 Å². The molecule has 3 saturated heterocycles. The third-order valence-electron chi connectivity index (χ3n) is 5.73. The first-order valence-corrected chi connectivity index (χ1v) is 9.30. The van der Waals surface area contributed by atoms with Crippen molar-refractivity contribution in [3.8, 4) is 11.1 Å². The fourth-order valence-corrected chi connectivity index (χ4v) is 4.09. The Morgan fingerprint density at radius 1 is 0.962 bits per heavy atom. The maximum absolute atomic E-state index is 12.8. The average Bonchev–Trinajstić information content (AvgIpc) is 2.96. The van der Waals surface area contributed by atoms with Gasteiger partial charge in [-0.25, -0.2) is 0 Å². The van der Waals surface area contributed by atoms with E-state index in [-0.39, 0.29) is 23.8 Å². The Morgan fingerprint density at radius 2 is 1.65 bits per heavy atom. The van der Waals surface area contributed by atoms with Gasteiger partial charge in [-0.05, 0) is 29.5 Å². The van der Waals surface area contributed by atoms with Crippen LogP contribution in [0.25, 0.3) is 11.1 Å². The zero-order valence-corrected chi connectivity index (χ0v) is 15.1. The third-order valence-corrected chi connectivity index (χ3v) is 5.73. The third kappa shape index (κ3) is 3.24. The van der Waals surface area contributed by atoms with E-state index in [0.29, 0.717) is 19.5 Å². The molecule has 3 fully saturated rings. The minimum atomic E-state index is -0.0249. The van der Waals surface area contributed by atoms with Crippen LogP contribution in [0.2, 0.25) is 0 Å². The van der Waals surface area contributed by atoms with E-state index in [9.17, 15) is 9.59 Å². The SMILES string of the molecule is CN1C(=O)[C@@H]2CC[C@H]1CN(C(=O)Cc1ccc(-c3ccccc3)cc1)C2. The molecule has 0 saturated carbocycles. The molecule has 2 aromatic rings. The molecule has 2 bridgehead atoms. The number of rotatable bonds is 3. The average molecular weight is 348 g/mol. The number of amides is 2. The second-order valence-electron chi connectivity index (χ2n) is 7.42. The van der Waals surface area contributed by atoms with Crippen molar-refractivity contribution in [3.63, 3.8) is 0 Å². The molecule has 4 nitrogen and oxygen atoms in total. The van der Waals surface area contributed by atoms with E-state index < -0.39 is 0 Å². The first kappa shape index (κ1) is 16.8. The number of likely N-dealkylation sites (N-methyl/N-ethyl adjacent to an activating group) is 1. The molecule has 0 aromatic heterocycles. The maximum atomic E-state index is 12.8. The van der Waals surface area contributed by atoms with Gasteiger partial charge < -0.3 is 9.80 Å². The van der Waals surface area contributed by atoms with E-state index in [2.05, 4.69) is 24.3 Å². The number of fused-ring (bicyclic) bond motifs is 4. The van der Waals surface area contributed by atoms with Gasteiger partial charge in [0.15, 0.2) is 0 Å². The molecule has 2 atom stereocenters. The Morgan fingerprint density at radius 3 is 2.38 bits per heavy atom. The number of carbonyl (C=O) groups excluding carboxylic acids is 2. The summed E-state index contributed by atoms with van der Waals surface area (Å²) >= 11 is 0. The molecular weight excluding hydrogens is 324 g/mol. The Kier molecular flexibility index (Phi) is 4.49. The fraction of sp³-hybridized carbons (Fsp3) is 0.364. The van der Waals surface area contributed by atoms with Crippen molar-refractivity contribution in [2.24, 2.45) is 5.92 Å². The quantitative estimate of drug-likeness (QED) is 0.856. The summed E-state index contributed by atoms with van der Waals surface area (Å²) in [6.07, 6.45) is 2.30. The molecule has 0 radical (unpaired) electrons. The van der Waals surface area contributed by atoms with E-state index >= 15 is 0 Å². The van der Waals surface area contributed by atoms with Gasteiger partial charge in [-0.1, -0.05) is 54.6 Å². The normalized spacial score (nSPS) is 22.4. The molecule has 0 N–H and O–H groups in total. The minimum Gasteiger partial charge on any atom is -0.341 e. The number of nitrogens with zero attached hydrogens (tertiary/aromatic N) is 2. The Balaban J connectivity index is 1.44. The second kappa shape index (κ2) is 6.94.